The number of hydrogen-bond acceptors (Lipinski definition) is 9. The molecule has 12 heteroatoms. The van der Waals surface area contributed by atoms with E-state index in [-0.39, 0.29) is 29.5 Å². The van der Waals surface area contributed by atoms with Gasteiger partial charge in [-0.15, -0.1) is 0 Å². The van der Waals surface area contributed by atoms with Gasteiger partial charge in [0, 0.05) is 43.0 Å². The minimum atomic E-state index is -1.35. The summed E-state index contributed by atoms with van der Waals surface area (Å²) >= 11 is 0. The van der Waals surface area contributed by atoms with E-state index in [0.717, 1.165) is 44.6 Å². The van der Waals surface area contributed by atoms with Gasteiger partial charge in [-0.3, -0.25) is 4.79 Å². The molecule has 1 aromatic carbocycles. The number of aromatic nitrogens is 3. The van der Waals surface area contributed by atoms with Crippen LogP contribution in [0.4, 0.5) is 15.9 Å². The van der Waals surface area contributed by atoms with Crippen molar-refractivity contribution in [3.05, 3.63) is 82.2 Å². The van der Waals surface area contributed by atoms with Crippen LogP contribution < -0.4 is 20.0 Å². The molecule has 2 bridgehead atoms. The second-order valence-corrected chi connectivity index (χ2v) is 12.3. The van der Waals surface area contributed by atoms with Gasteiger partial charge in [-0.25, -0.2) is 19.2 Å². The number of rotatable bonds is 8. The molecule has 3 aliphatic rings. The summed E-state index contributed by atoms with van der Waals surface area (Å²) in [7, 11) is 4.10. The van der Waals surface area contributed by atoms with Crippen molar-refractivity contribution >= 4 is 28.4 Å². The minimum Gasteiger partial charge on any atom is -0.477 e. The third-order valence-corrected chi connectivity index (χ3v) is 9.62. The Morgan fingerprint density at radius 2 is 1.98 bits per heavy atom. The van der Waals surface area contributed by atoms with Crippen molar-refractivity contribution in [3.8, 4) is 17.6 Å². The van der Waals surface area contributed by atoms with Gasteiger partial charge in [0.05, 0.1) is 34.2 Å². The van der Waals surface area contributed by atoms with Gasteiger partial charge in [0.2, 0.25) is 11.3 Å². The third-order valence-electron chi connectivity index (χ3n) is 9.62. The number of ether oxygens (including phenoxy) is 1. The van der Waals surface area contributed by atoms with Gasteiger partial charge in [-0.2, -0.15) is 5.26 Å². The molecule has 7 rings (SSSR count). The second-order valence-electron chi connectivity index (χ2n) is 12.3. The summed E-state index contributed by atoms with van der Waals surface area (Å²) in [5.41, 5.74) is 0.380. The number of nitriles is 1. The fourth-order valence-electron chi connectivity index (χ4n) is 7.06. The number of fused-ring (bicyclic) bond motifs is 3. The molecule has 3 aromatic heterocycles. The number of aromatic carboxylic acids is 1. The number of carboxylic acids is 1. The quantitative estimate of drug-likeness (QED) is 0.315. The number of likely N-dealkylation sites (N-methyl/N-ethyl adjacent to an activating group) is 1. The van der Waals surface area contributed by atoms with Crippen molar-refractivity contribution in [2.45, 2.75) is 43.3 Å². The van der Waals surface area contributed by atoms with Crippen molar-refractivity contribution < 1.29 is 19.0 Å². The van der Waals surface area contributed by atoms with Crippen LogP contribution >= 0.6 is 0 Å². The number of nitrogens with zero attached hydrogens (tertiary/aromatic N) is 7. The van der Waals surface area contributed by atoms with E-state index in [1.54, 1.807) is 16.8 Å². The van der Waals surface area contributed by atoms with Crippen LogP contribution in [0.1, 0.15) is 41.6 Å². The molecule has 0 radical (unpaired) electrons. The van der Waals surface area contributed by atoms with E-state index in [2.05, 4.69) is 44.8 Å². The van der Waals surface area contributed by atoms with Crippen molar-refractivity contribution in [3.63, 3.8) is 0 Å². The highest BCUT2D eigenvalue weighted by molar-refractivity contribution is 5.95. The highest BCUT2D eigenvalue weighted by Crippen LogP contribution is 2.50. The van der Waals surface area contributed by atoms with Gasteiger partial charge in [0.1, 0.15) is 24.1 Å². The lowest BCUT2D eigenvalue weighted by atomic mass is 9.88. The molecule has 11 nitrogen and oxygen atoms in total. The zero-order valence-corrected chi connectivity index (χ0v) is 25.0. The molecule has 0 aliphatic carbocycles. The van der Waals surface area contributed by atoms with E-state index in [1.165, 1.54) is 30.6 Å². The first-order valence-electron chi connectivity index (χ1n) is 15.0. The number of hydrogen-bond donors (Lipinski definition) is 1. The van der Waals surface area contributed by atoms with E-state index < -0.39 is 28.3 Å². The van der Waals surface area contributed by atoms with Crippen LogP contribution in [0.25, 0.3) is 16.6 Å². The molecule has 0 unspecified atom stereocenters. The maximum atomic E-state index is 14.4. The Morgan fingerprint density at radius 1 is 1.20 bits per heavy atom. The zero-order valence-electron chi connectivity index (χ0n) is 25.0. The smallest absolute Gasteiger partial charge is 0.341 e. The maximum Gasteiger partial charge on any atom is 0.341 e. The van der Waals surface area contributed by atoms with Gasteiger partial charge in [0.25, 0.3) is 0 Å². The first-order valence-corrected chi connectivity index (χ1v) is 15.0. The first kappa shape index (κ1) is 28.7. The number of halogens is 1. The molecule has 0 atom stereocenters. The van der Waals surface area contributed by atoms with Crippen LogP contribution in [0.2, 0.25) is 0 Å². The van der Waals surface area contributed by atoms with Crippen molar-refractivity contribution in [1.29, 1.82) is 5.26 Å². The van der Waals surface area contributed by atoms with E-state index in [9.17, 15) is 24.3 Å². The normalized spacial score (nSPS) is 20.9. The van der Waals surface area contributed by atoms with Gasteiger partial charge in [-0.1, -0.05) is 0 Å². The third kappa shape index (κ3) is 4.75. The Bertz CT molecular complexity index is 1910. The number of benzene rings is 1. The summed E-state index contributed by atoms with van der Waals surface area (Å²) in [6.45, 7) is 1.90. The minimum absolute atomic E-state index is 0.0670. The van der Waals surface area contributed by atoms with E-state index in [1.807, 2.05) is 12.1 Å². The first-order chi connectivity index (χ1) is 21.7. The second kappa shape index (κ2) is 10.9. The van der Waals surface area contributed by atoms with E-state index in [4.69, 9.17) is 4.74 Å². The lowest BCUT2D eigenvalue weighted by Crippen LogP contribution is -2.57. The summed E-state index contributed by atoms with van der Waals surface area (Å²) < 4.78 is 21.9. The molecule has 6 heterocycles. The fraction of sp³-hybridized carbons (Fsp3) is 0.364. The van der Waals surface area contributed by atoms with E-state index >= 15 is 0 Å². The summed E-state index contributed by atoms with van der Waals surface area (Å²) in [6, 6.07) is 12.7. The summed E-state index contributed by atoms with van der Waals surface area (Å²) in [5.74, 6) is -1.15. The SMILES string of the molecule is CN(C)C1CN(c2ccc(-n3cc(C(=O)O)c(=O)c4cc(C#N)c(N5C6CCC5(COc5ncccc5F)CC6)cc43)cn2)C1. The monoisotopic (exact) mass is 609 g/mol. The van der Waals surface area contributed by atoms with Crippen molar-refractivity contribution in [2.75, 3.05) is 43.6 Å². The Balaban J connectivity index is 1.31. The molecular weight excluding hydrogens is 577 g/mol. The standard InChI is InChI=1S/C33H32FN7O4/c1-38(2)23-16-39(17-23)29-6-5-22(15-37-29)40-18-25(32(43)44)30(42)24-12-20(14-35)27(13-28(24)40)41-21-7-9-33(41,10-8-21)19-45-31-26(34)4-3-11-36-31/h3-6,11-13,15,18,21,23H,7-10,16-17,19H2,1-2H3,(H,43,44). The van der Waals surface area contributed by atoms with Crippen molar-refractivity contribution in [2.24, 2.45) is 0 Å². The molecule has 3 saturated heterocycles. The predicted molar refractivity (Wildman–Crippen MR) is 166 cm³/mol. The van der Waals surface area contributed by atoms with E-state index in [0.29, 0.717) is 22.9 Å². The fourth-order valence-corrected chi connectivity index (χ4v) is 7.06. The highest BCUT2D eigenvalue weighted by Gasteiger charge is 2.53. The number of anilines is 2. The van der Waals surface area contributed by atoms with Crippen LogP contribution in [0, 0.1) is 17.1 Å². The Kier molecular flexibility index (Phi) is 6.93. The summed E-state index contributed by atoms with van der Waals surface area (Å²) in [6.07, 6.45) is 7.80. The van der Waals surface area contributed by atoms with Gasteiger partial charge >= 0.3 is 5.97 Å². The summed E-state index contributed by atoms with van der Waals surface area (Å²) in [5, 5.41) is 20.3. The average Bonchev–Trinajstić information content (AvgIpc) is 3.55. The number of pyridine rings is 3. The van der Waals surface area contributed by atoms with Crippen LogP contribution in [0.3, 0.4) is 0 Å². The molecule has 0 spiro atoms. The van der Waals surface area contributed by atoms with Crippen LogP contribution in [-0.2, 0) is 0 Å². The van der Waals surface area contributed by atoms with Crippen LogP contribution in [0.15, 0.2) is 59.8 Å². The lowest BCUT2D eigenvalue weighted by Gasteiger charge is -2.43. The number of carboxylic acid groups (broad SMARTS) is 1. The molecule has 0 amide bonds. The molecule has 0 saturated carbocycles. The Morgan fingerprint density at radius 3 is 2.62 bits per heavy atom. The largest absolute Gasteiger partial charge is 0.477 e. The van der Waals surface area contributed by atoms with Gasteiger partial charge in [-0.05, 0) is 76.2 Å². The maximum absolute atomic E-state index is 14.4. The predicted octanol–water partition coefficient (Wildman–Crippen LogP) is 3.82. The lowest BCUT2D eigenvalue weighted by molar-refractivity contribution is 0.0695. The van der Waals surface area contributed by atoms with Crippen LogP contribution in [0.5, 0.6) is 5.88 Å². The van der Waals surface area contributed by atoms with Gasteiger partial charge in [0.15, 0.2) is 5.82 Å². The molecular formula is C33H32FN7O4. The van der Waals surface area contributed by atoms with Crippen LogP contribution in [-0.4, -0.2) is 81.9 Å². The topological polar surface area (TPSA) is 128 Å². The molecule has 4 aromatic rings. The number of carbonyl (C=O) groups is 1. The average molecular weight is 610 g/mol. The Hall–Kier alpha value is -5.02. The summed E-state index contributed by atoms with van der Waals surface area (Å²) in [4.78, 5) is 40.8. The molecule has 230 valence electrons. The molecule has 3 aliphatic heterocycles. The molecule has 3 fully saturated rings. The molecule has 1 N–H and O–H groups in total. The molecule has 45 heavy (non-hydrogen) atoms. The highest BCUT2D eigenvalue weighted by atomic mass is 19.1. The van der Waals surface area contributed by atoms with Crippen molar-refractivity contribution in [1.82, 2.24) is 19.4 Å². The zero-order chi connectivity index (χ0) is 31.5. The Labute approximate surface area is 258 Å². The van der Waals surface area contributed by atoms with Gasteiger partial charge < -0.3 is 29.1 Å².